The molecular formula is C27H38ClN3O4S. The van der Waals surface area contributed by atoms with Crippen molar-refractivity contribution in [1.82, 2.24) is 10.2 Å². The molecule has 0 saturated carbocycles. The molecule has 0 fully saturated rings. The standard InChI is InChI=1S/C27H38ClN3O4S/c1-19-10-8-11-24(20(19)2)31(36(7,34)35)17-9-12-25(32)30(18-22-13-15-23(28)16-14-22)21(3)26(33)29-27(4,5)6/h8,10-11,13-16,21H,9,12,17-18H2,1-7H3,(H,29,33). The second kappa shape index (κ2) is 12.1. The molecule has 0 spiro atoms. The number of aryl methyl sites for hydroxylation is 1. The van der Waals surface area contributed by atoms with Crippen LogP contribution in [0.25, 0.3) is 0 Å². The van der Waals surface area contributed by atoms with Gasteiger partial charge in [0.05, 0.1) is 11.9 Å². The second-order valence-corrected chi connectivity index (χ2v) is 12.6. The molecule has 2 amide bonds. The lowest BCUT2D eigenvalue weighted by Crippen LogP contribution is -2.52. The largest absolute Gasteiger partial charge is 0.350 e. The van der Waals surface area contributed by atoms with Gasteiger partial charge >= 0.3 is 0 Å². The van der Waals surface area contributed by atoms with Crippen LogP contribution < -0.4 is 9.62 Å². The number of nitrogens with zero attached hydrogens (tertiary/aromatic N) is 2. The van der Waals surface area contributed by atoms with Crippen LogP contribution in [0, 0.1) is 13.8 Å². The number of rotatable bonds is 10. The van der Waals surface area contributed by atoms with E-state index in [1.165, 1.54) is 15.5 Å². The van der Waals surface area contributed by atoms with E-state index in [9.17, 15) is 18.0 Å². The molecule has 2 rings (SSSR count). The zero-order valence-corrected chi connectivity index (χ0v) is 23.8. The maximum Gasteiger partial charge on any atom is 0.242 e. The van der Waals surface area contributed by atoms with Crippen LogP contribution in [0.1, 0.15) is 57.2 Å². The molecule has 0 saturated heterocycles. The third-order valence-corrected chi connectivity index (χ3v) is 7.36. The van der Waals surface area contributed by atoms with E-state index in [1.54, 1.807) is 25.1 Å². The van der Waals surface area contributed by atoms with E-state index in [0.717, 1.165) is 16.7 Å². The minimum absolute atomic E-state index is 0.0949. The number of hydrogen-bond acceptors (Lipinski definition) is 4. The highest BCUT2D eigenvalue weighted by molar-refractivity contribution is 7.92. The third-order valence-electron chi connectivity index (χ3n) is 5.93. The number of benzene rings is 2. The fourth-order valence-corrected chi connectivity index (χ4v) is 4.97. The van der Waals surface area contributed by atoms with Gasteiger partial charge in [0, 0.05) is 30.1 Å². The number of carbonyl (C=O) groups excluding carboxylic acids is 2. The lowest BCUT2D eigenvalue weighted by Gasteiger charge is -2.32. The van der Waals surface area contributed by atoms with E-state index in [4.69, 9.17) is 11.6 Å². The van der Waals surface area contributed by atoms with Crippen molar-refractivity contribution in [2.24, 2.45) is 0 Å². The molecule has 9 heteroatoms. The fraction of sp³-hybridized carbons (Fsp3) is 0.481. The molecule has 198 valence electrons. The van der Waals surface area contributed by atoms with Gasteiger partial charge in [-0.15, -0.1) is 0 Å². The van der Waals surface area contributed by atoms with Crippen LogP contribution in [0.15, 0.2) is 42.5 Å². The summed E-state index contributed by atoms with van der Waals surface area (Å²) in [5.74, 6) is -0.478. The van der Waals surface area contributed by atoms with Crippen molar-refractivity contribution in [3.63, 3.8) is 0 Å². The summed E-state index contributed by atoms with van der Waals surface area (Å²) in [6.07, 6.45) is 1.57. The predicted octanol–water partition coefficient (Wildman–Crippen LogP) is 4.84. The van der Waals surface area contributed by atoms with Gasteiger partial charge in [-0.25, -0.2) is 8.42 Å². The van der Waals surface area contributed by atoms with Gasteiger partial charge in [0.2, 0.25) is 21.8 Å². The second-order valence-electron chi connectivity index (χ2n) is 10.2. The number of anilines is 1. The van der Waals surface area contributed by atoms with Crippen molar-refractivity contribution in [2.45, 2.75) is 72.5 Å². The molecule has 2 aromatic carbocycles. The zero-order chi connectivity index (χ0) is 27.3. The van der Waals surface area contributed by atoms with Crippen molar-refractivity contribution in [2.75, 3.05) is 17.1 Å². The summed E-state index contributed by atoms with van der Waals surface area (Å²) in [6, 6.07) is 12.0. The average Bonchev–Trinajstić information content (AvgIpc) is 2.76. The van der Waals surface area contributed by atoms with Crippen LogP contribution >= 0.6 is 11.6 Å². The van der Waals surface area contributed by atoms with Gasteiger partial charge in [-0.3, -0.25) is 13.9 Å². The Bertz CT molecular complexity index is 1170. The van der Waals surface area contributed by atoms with Gasteiger partial charge in [0.25, 0.3) is 0 Å². The molecular weight excluding hydrogens is 498 g/mol. The molecule has 0 bridgehead atoms. The summed E-state index contributed by atoms with van der Waals surface area (Å²) in [4.78, 5) is 27.8. The molecule has 36 heavy (non-hydrogen) atoms. The van der Waals surface area contributed by atoms with E-state index in [1.807, 2.05) is 58.9 Å². The fourth-order valence-electron chi connectivity index (χ4n) is 3.83. The van der Waals surface area contributed by atoms with Crippen molar-refractivity contribution in [1.29, 1.82) is 0 Å². The minimum Gasteiger partial charge on any atom is -0.350 e. The summed E-state index contributed by atoms with van der Waals surface area (Å²) >= 11 is 6.00. The first-order chi connectivity index (χ1) is 16.6. The molecule has 0 aliphatic rings. The monoisotopic (exact) mass is 535 g/mol. The number of sulfonamides is 1. The van der Waals surface area contributed by atoms with E-state index < -0.39 is 21.6 Å². The van der Waals surface area contributed by atoms with Crippen LogP contribution in [0.3, 0.4) is 0 Å². The minimum atomic E-state index is -3.55. The summed E-state index contributed by atoms with van der Waals surface area (Å²) in [5.41, 5.74) is 2.88. The van der Waals surface area contributed by atoms with Crippen molar-refractivity contribution < 1.29 is 18.0 Å². The van der Waals surface area contributed by atoms with Gasteiger partial charge in [-0.05, 0) is 82.9 Å². The SMILES string of the molecule is Cc1cccc(N(CCCC(=O)N(Cc2ccc(Cl)cc2)C(C)C(=O)NC(C)(C)C)S(C)(=O)=O)c1C. The zero-order valence-electron chi connectivity index (χ0n) is 22.3. The van der Waals surface area contributed by atoms with Crippen LogP contribution in [-0.2, 0) is 26.2 Å². The summed E-state index contributed by atoms with van der Waals surface area (Å²) in [7, 11) is -3.55. The average molecular weight is 536 g/mol. The number of amides is 2. The Morgan fingerprint density at radius 1 is 1.06 bits per heavy atom. The van der Waals surface area contributed by atoms with Crippen LogP contribution in [-0.4, -0.2) is 49.5 Å². The molecule has 1 unspecified atom stereocenters. The highest BCUT2D eigenvalue weighted by Gasteiger charge is 2.29. The third kappa shape index (κ3) is 8.52. The van der Waals surface area contributed by atoms with E-state index in [0.29, 0.717) is 17.1 Å². The van der Waals surface area contributed by atoms with E-state index in [2.05, 4.69) is 5.32 Å². The first-order valence-electron chi connectivity index (χ1n) is 12.0. The number of carbonyl (C=O) groups is 2. The van der Waals surface area contributed by atoms with Gasteiger partial charge < -0.3 is 10.2 Å². The normalized spacial score (nSPS) is 12.7. The lowest BCUT2D eigenvalue weighted by molar-refractivity contribution is -0.141. The Morgan fingerprint density at radius 2 is 1.67 bits per heavy atom. The Kier molecular flexibility index (Phi) is 9.97. The maximum atomic E-state index is 13.4. The molecule has 1 atom stereocenters. The highest BCUT2D eigenvalue weighted by Crippen LogP contribution is 2.25. The highest BCUT2D eigenvalue weighted by atomic mass is 35.5. The number of halogens is 1. The topological polar surface area (TPSA) is 86.8 Å². The molecule has 7 nitrogen and oxygen atoms in total. The van der Waals surface area contributed by atoms with Crippen molar-refractivity contribution in [3.8, 4) is 0 Å². The Balaban J connectivity index is 2.22. The molecule has 0 aliphatic heterocycles. The van der Waals surface area contributed by atoms with Crippen molar-refractivity contribution in [3.05, 3.63) is 64.2 Å². The molecule has 0 aromatic heterocycles. The maximum absolute atomic E-state index is 13.4. The Labute approximate surface area is 220 Å². The number of hydrogen-bond donors (Lipinski definition) is 1. The van der Waals surface area contributed by atoms with Crippen LogP contribution in [0.4, 0.5) is 5.69 Å². The first kappa shape index (κ1) is 29.6. The van der Waals surface area contributed by atoms with Gasteiger partial charge in [0.15, 0.2) is 0 Å². The molecule has 0 heterocycles. The van der Waals surface area contributed by atoms with Gasteiger partial charge in [0.1, 0.15) is 6.04 Å². The molecule has 0 radical (unpaired) electrons. The van der Waals surface area contributed by atoms with Gasteiger partial charge in [-0.1, -0.05) is 35.9 Å². The quantitative estimate of drug-likeness (QED) is 0.472. The van der Waals surface area contributed by atoms with Crippen LogP contribution in [0.2, 0.25) is 5.02 Å². The Morgan fingerprint density at radius 3 is 2.22 bits per heavy atom. The first-order valence-corrected chi connectivity index (χ1v) is 14.2. The molecule has 2 aromatic rings. The summed E-state index contributed by atoms with van der Waals surface area (Å²) in [5, 5.41) is 3.52. The smallest absolute Gasteiger partial charge is 0.242 e. The summed E-state index contributed by atoms with van der Waals surface area (Å²) in [6.45, 7) is 11.6. The van der Waals surface area contributed by atoms with Crippen LogP contribution in [0.5, 0.6) is 0 Å². The predicted molar refractivity (Wildman–Crippen MR) is 147 cm³/mol. The van der Waals surface area contributed by atoms with Crippen molar-refractivity contribution >= 4 is 39.1 Å². The van der Waals surface area contributed by atoms with E-state index >= 15 is 0 Å². The Hall–Kier alpha value is -2.58. The van der Waals surface area contributed by atoms with E-state index in [-0.39, 0.29) is 31.3 Å². The van der Waals surface area contributed by atoms with Gasteiger partial charge in [-0.2, -0.15) is 0 Å². The molecule has 0 aliphatic carbocycles. The summed E-state index contributed by atoms with van der Waals surface area (Å²) < 4.78 is 26.5. The molecule has 1 N–H and O–H groups in total. The lowest BCUT2D eigenvalue weighted by atomic mass is 10.1. The number of nitrogens with one attached hydrogen (secondary N) is 1.